The van der Waals surface area contributed by atoms with Gasteiger partial charge >= 0.3 is 11.2 Å². The minimum atomic E-state index is -0.741. The average Bonchev–Trinajstić information content (AvgIpc) is 3.46. The molecule has 0 bridgehead atoms. The highest BCUT2D eigenvalue weighted by molar-refractivity contribution is 6.21. The predicted octanol–water partition coefficient (Wildman–Crippen LogP) is 2.88. The van der Waals surface area contributed by atoms with Gasteiger partial charge in [-0.05, 0) is 42.0 Å². The van der Waals surface area contributed by atoms with Gasteiger partial charge in [-0.15, -0.1) is 4.68 Å². The maximum atomic E-state index is 13.3. The third-order valence-corrected chi connectivity index (χ3v) is 6.97. The molecule has 0 aliphatic carbocycles. The van der Waals surface area contributed by atoms with Crippen molar-refractivity contribution in [2.45, 2.75) is 6.54 Å². The molecule has 0 fully saturated rings. The molecule has 6 rings (SSSR count). The Morgan fingerprint density at radius 3 is 2.10 bits per heavy atom. The van der Waals surface area contributed by atoms with Crippen molar-refractivity contribution in [3.05, 3.63) is 97.7 Å². The number of amides is 2. The molecule has 12 nitrogen and oxygen atoms in total. The number of rotatable bonds is 7. The van der Waals surface area contributed by atoms with E-state index in [0.29, 0.717) is 60.6 Å². The van der Waals surface area contributed by atoms with Gasteiger partial charge in [-0.25, -0.2) is 4.79 Å². The van der Waals surface area contributed by atoms with Gasteiger partial charge in [0.25, 0.3) is 11.8 Å². The Morgan fingerprint density at radius 2 is 1.44 bits per heavy atom. The van der Waals surface area contributed by atoms with Gasteiger partial charge in [0.1, 0.15) is 11.3 Å². The third-order valence-electron chi connectivity index (χ3n) is 6.97. The number of hydrogen-bond donors (Lipinski definition) is 2. The molecule has 0 atom stereocenters. The number of ether oxygens (including phenoxy) is 3. The molecule has 12 heteroatoms. The summed E-state index contributed by atoms with van der Waals surface area (Å²) in [6.45, 7) is -0.0360. The second-order valence-electron chi connectivity index (χ2n) is 9.23. The number of methoxy groups -OCH3 is 3. The molecule has 2 amide bonds. The van der Waals surface area contributed by atoms with Crippen LogP contribution in [0, 0.1) is 0 Å². The average molecular weight is 554 g/mol. The van der Waals surface area contributed by atoms with Gasteiger partial charge in [0.2, 0.25) is 0 Å². The number of imide groups is 1. The quantitative estimate of drug-likeness (QED) is 0.233. The Bertz CT molecular complexity index is 2000. The van der Waals surface area contributed by atoms with Crippen molar-refractivity contribution in [2.75, 3.05) is 21.3 Å². The number of fused-ring (bicyclic) bond motifs is 4. The summed E-state index contributed by atoms with van der Waals surface area (Å²) in [6, 6.07) is 15.0. The normalized spacial score (nSPS) is 13.0. The summed E-state index contributed by atoms with van der Waals surface area (Å²) in [7, 11) is 4.47. The fourth-order valence-electron chi connectivity index (χ4n) is 4.95. The summed E-state index contributed by atoms with van der Waals surface area (Å²) in [4.78, 5) is 58.8. The maximum Gasteiger partial charge on any atom is 0.350 e. The van der Waals surface area contributed by atoms with Crippen LogP contribution in [0.15, 0.2) is 69.3 Å². The fraction of sp³-hybridized carbons (Fsp3) is 0.138. The highest BCUT2D eigenvalue weighted by atomic mass is 16.5. The number of aromatic amines is 2. The summed E-state index contributed by atoms with van der Waals surface area (Å²) in [5.41, 5.74) is 1.37. The van der Waals surface area contributed by atoms with E-state index in [-0.39, 0.29) is 12.1 Å². The number of hydrogen-bond acceptors (Lipinski definition) is 8. The van der Waals surface area contributed by atoms with Crippen LogP contribution in [0.2, 0.25) is 0 Å². The molecule has 0 spiro atoms. The molecule has 0 saturated heterocycles. The van der Waals surface area contributed by atoms with E-state index in [2.05, 4.69) is 15.1 Å². The first-order chi connectivity index (χ1) is 19.8. The fourth-order valence-corrected chi connectivity index (χ4v) is 4.95. The van der Waals surface area contributed by atoms with Crippen molar-refractivity contribution in [3.8, 4) is 17.2 Å². The van der Waals surface area contributed by atoms with Crippen molar-refractivity contribution in [2.24, 2.45) is 5.10 Å². The van der Waals surface area contributed by atoms with E-state index in [0.717, 1.165) is 4.90 Å². The minimum Gasteiger partial charge on any atom is -0.496 e. The molecular weight excluding hydrogens is 530 g/mol. The summed E-state index contributed by atoms with van der Waals surface area (Å²) in [6.07, 6.45) is 1.34. The van der Waals surface area contributed by atoms with Crippen LogP contribution < -0.4 is 25.5 Å². The van der Waals surface area contributed by atoms with Crippen molar-refractivity contribution in [1.29, 1.82) is 0 Å². The maximum absolute atomic E-state index is 13.3. The number of nitrogens with zero attached hydrogens (tertiary/aromatic N) is 3. The van der Waals surface area contributed by atoms with Crippen LogP contribution in [0.5, 0.6) is 17.2 Å². The smallest absolute Gasteiger partial charge is 0.350 e. The highest BCUT2D eigenvalue weighted by Gasteiger charge is 2.35. The summed E-state index contributed by atoms with van der Waals surface area (Å²) >= 11 is 0. The first kappa shape index (κ1) is 25.6. The molecular formula is C29H23N5O7. The van der Waals surface area contributed by atoms with Crippen molar-refractivity contribution < 1.29 is 23.8 Å². The largest absolute Gasteiger partial charge is 0.496 e. The first-order valence-corrected chi connectivity index (χ1v) is 12.4. The Labute approximate surface area is 231 Å². The number of carbonyl (C=O) groups is 2. The summed E-state index contributed by atoms with van der Waals surface area (Å²) < 4.78 is 16.8. The Morgan fingerprint density at radius 1 is 0.780 bits per heavy atom. The van der Waals surface area contributed by atoms with Gasteiger partial charge in [-0.2, -0.15) is 5.10 Å². The molecule has 1 aliphatic rings. The molecule has 0 radical (unpaired) electrons. The Hall–Kier alpha value is -5.65. The Kier molecular flexibility index (Phi) is 6.14. The second-order valence-corrected chi connectivity index (χ2v) is 9.23. The minimum absolute atomic E-state index is 0.0360. The lowest BCUT2D eigenvalue weighted by molar-refractivity contribution is 0.0641. The van der Waals surface area contributed by atoms with Crippen LogP contribution >= 0.6 is 0 Å². The standard InChI is InChI=1S/C29H23N5O7/c1-39-21-9-8-15(10-16(21)14-33-26(35)17-6-4-5-7-18(17)27(33)36)13-30-34-28(37)25-24(32-29(34)38)19-11-22(40-2)23(41-3)12-20(19)31-25/h4-13,31H,14H2,1-3H3,(H,32,38)/b30-13+. The van der Waals surface area contributed by atoms with Gasteiger partial charge in [0.05, 0.1) is 56.2 Å². The topological polar surface area (TPSA) is 148 Å². The molecule has 0 unspecified atom stereocenters. The van der Waals surface area contributed by atoms with Gasteiger partial charge in [-0.1, -0.05) is 12.1 Å². The van der Waals surface area contributed by atoms with Crippen LogP contribution in [0.3, 0.4) is 0 Å². The zero-order valence-corrected chi connectivity index (χ0v) is 22.2. The van der Waals surface area contributed by atoms with Crippen molar-refractivity contribution in [3.63, 3.8) is 0 Å². The summed E-state index contributed by atoms with van der Waals surface area (Å²) in [5.74, 6) is 0.571. The molecule has 1 aliphatic heterocycles. The van der Waals surface area contributed by atoms with Gasteiger partial charge in [0.15, 0.2) is 11.5 Å². The lowest BCUT2D eigenvalue weighted by Gasteiger charge is -2.16. The molecule has 206 valence electrons. The Balaban J connectivity index is 1.35. The van der Waals surface area contributed by atoms with Crippen molar-refractivity contribution in [1.82, 2.24) is 19.5 Å². The predicted molar refractivity (Wildman–Crippen MR) is 150 cm³/mol. The van der Waals surface area contributed by atoms with Crippen molar-refractivity contribution >= 4 is 40.0 Å². The molecule has 0 saturated carbocycles. The lowest BCUT2D eigenvalue weighted by Crippen LogP contribution is -2.32. The van der Waals surface area contributed by atoms with Crippen LogP contribution in [0.25, 0.3) is 21.9 Å². The SMILES string of the molecule is COc1ccc(/C=N/n2c(=O)[nH]c3c([nH]c4cc(OC)c(OC)cc43)c2=O)cc1CN1C(=O)c2ccccc2C1=O. The number of aromatic nitrogens is 3. The monoisotopic (exact) mass is 553 g/mol. The third kappa shape index (κ3) is 4.13. The first-order valence-electron chi connectivity index (χ1n) is 12.4. The number of H-pyrrole nitrogens is 2. The highest BCUT2D eigenvalue weighted by Crippen LogP contribution is 2.34. The number of benzene rings is 3. The number of nitrogens with one attached hydrogen (secondary N) is 2. The molecule has 41 heavy (non-hydrogen) atoms. The second kappa shape index (κ2) is 9.83. The molecule has 2 N–H and O–H groups in total. The van der Waals surface area contributed by atoms with Gasteiger partial charge in [-0.3, -0.25) is 19.3 Å². The molecule has 2 aromatic heterocycles. The molecule has 5 aromatic rings. The van der Waals surface area contributed by atoms with E-state index >= 15 is 0 Å². The zero-order valence-electron chi connectivity index (χ0n) is 22.2. The van der Waals surface area contributed by atoms with Crippen LogP contribution in [0.1, 0.15) is 31.8 Å². The lowest BCUT2D eigenvalue weighted by atomic mass is 10.1. The molecule has 3 heterocycles. The van der Waals surface area contributed by atoms with Gasteiger partial charge in [0, 0.05) is 17.0 Å². The van der Waals surface area contributed by atoms with Gasteiger partial charge < -0.3 is 24.2 Å². The van der Waals surface area contributed by atoms with E-state index in [1.54, 1.807) is 54.6 Å². The number of carbonyl (C=O) groups excluding carboxylic acids is 2. The van der Waals surface area contributed by atoms with Crippen LogP contribution in [0.4, 0.5) is 0 Å². The zero-order chi connectivity index (χ0) is 28.8. The van der Waals surface area contributed by atoms with E-state index in [1.807, 2.05) is 0 Å². The summed E-state index contributed by atoms with van der Waals surface area (Å²) in [5, 5.41) is 4.71. The van der Waals surface area contributed by atoms with Crippen LogP contribution in [-0.4, -0.2) is 58.9 Å². The van der Waals surface area contributed by atoms with E-state index < -0.39 is 23.1 Å². The van der Waals surface area contributed by atoms with E-state index in [9.17, 15) is 19.2 Å². The molecule has 3 aromatic carbocycles. The van der Waals surface area contributed by atoms with E-state index in [4.69, 9.17) is 14.2 Å². The van der Waals surface area contributed by atoms with E-state index in [1.165, 1.54) is 27.5 Å². The van der Waals surface area contributed by atoms with Crippen LogP contribution in [-0.2, 0) is 6.54 Å².